The Morgan fingerprint density at radius 1 is 1.29 bits per heavy atom. The molecule has 2 rings (SSSR count). The van der Waals surface area contributed by atoms with E-state index in [0.717, 1.165) is 18.0 Å². The monoisotopic (exact) mass is 196 g/mol. The van der Waals surface area contributed by atoms with Gasteiger partial charge in [0.25, 0.3) is 0 Å². The van der Waals surface area contributed by atoms with Crippen LogP contribution < -0.4 is 5.32 Å². The highest BCUT2D eigenvalue weighted by Gasteiger charge is 2.27. The van der Waals surface area contributed by atoms with Crippen molar-refractivity contribution in [1.29, 1.82) is 0 Å². The molecule has 3 unspecified atom stereocenters. The fourth-order valence-electron chi connectivity index (χ4n) is 2.64. The highest BCUT2D eigenvalue weighted by molar-refractivity contribution is 4.86. The summed E-state index contributed by atoms with van der Waals surface area (Å²) < 4.78 is 0. The molecule has 0 aromatic heterocycles. The van der Waals surface area contributed by atoms with E-state index in [1.807, 2.05) is 0 Å². The molecule has 0 saturated carbocycles. The highest BCUT2D eigenvalue weighted by Crippen LogP contribution is 2.24. The lowest BCUT2D eigenvalue weighted by molar-refractivity contribution is 0.0926. The van der Waals surface area contributed by atoms with Crippen molar-refractivity contribution >= 4 is 0 Å². The van der Waals surface area contributed by atoms with Crippen LogP contribution in [-0.4, -0.2) is 36.6 Å². The molecule has 0 aromatic carbocycles. The predicted molar refractivity (Wildman–Crippen MR) is 60.5 cm³/mol. The van der Waals surface area contributed by atoms with Crippen molar-refractivity contribution in [2.45, 2.75) is 51.6 Å². The molecular formula is C12H24N2. The predicted octanol–water partition coefficient (Wildman–Crippen LogP) is 1.86. The molecule has 0 spiro atoms. The van der Waals surface area contributed by atoms with E-state index in [2.05, 4.69) is 24.1 Å². The summed E-state index contributed by atoms with van der Waals surface area (Å²) in [4.78, 5) is 2.70. The van der Waals surface area contributed by atoms with Gasteiger partial charge in [-0.1, -0.05) is 13.3 Å². The Labute approximate surface area is 88.1 Å². The van der Waals surface area contributed by atoms with Gasteiger partial charge in [-0.05, 0) is 38.6 Å². The summed E-state index contributed by atoms with van der Waals surface area (Å²) in [7, 11) is 0. The molecule has 1 N–H and O–H groups in total. The Bertz CT molecular complexity index is 175. The molecule has 2 heteroatoms. The second kappa shape index (κ2) is 4.63. The topological polar surface area (TPSA) is 15.3 Å². The van der Waals surface area contributed by atoms with Gasteiger partial charge >= 0.3 is 0 Å². The molecule has 0 aliphatic carbocycles. The van der Waals surface area contributed by atoms with Crippen molar-refractivity contribution < 1.29 is 0 Å². The zero-order valence-corrected chi connectivity index (χ0v) is 9.63. The van der Waals surface area contributed by atoms with E-state index in [-0.39, 0.29) is 0 Å². The molecule has 2 nitrogen and oxygen atoms in total. The van der Waals surface area contributed by atoms with Crippen molar-refractivity contribution in [3.63, 3.8) is 0 Å². The number of rotatable bonds is 3. The fraction of sp³-hybridized carbons (Fsp3) is 1.00. The molecule has 2 heterocycles. The summed E-state index contributed by atoms with van der Waals surface area (Å²) in [5.74, 6) is 0.964. The van der Waals surface area contributed by atoms with Crippen LogP contribution in [0.3, 0.4) is 0 Å². The largest absolute Gasteiger partial charge is 0.313 e. The van der Waals surface area contributed by atoms with Crippen molar-refractivity contribution in [3.05, 3.63) is 0 Å². The van der Waals surface area contributed by atoms with E-state index in [9.17, 15) is 0 Å². The van der Waals surface area contributed by atoms with E-state index in [1.165, 1.54) is 45.3 Å². The lowest BCUT2D eigenvalue weighted by atomic mass is 9.90. The van der Waals surface area contributed by atoms with Crippen molar-refractivity contribution in [2.24, 2.45) is 5.92 Å². The highest BCUT2D eigenvalue weighted by atomic mass is 15.2. The maximum absolute atomic E-state index is 3.50. The van der Waals surface area contributed by atoms with Gasteiger partial charge in [-0.25, -0.2) is 0 Å². The number of hydrogen-bond acceptors (Lipinski definition) is 2. The summed E-state index contributed by atoms with van der Waals surface area (Å²) in [6.45, 7) is 8.60. The van der Waals surface area contributed by atoms with Crippen molar-refractivity contribution in [2.75, 3.05) is 19.6 Å². The summed E-state index contributed by atoms with van der Waals surface area (Å²) in [6, 6.07) is 1.62. The zero-order chi connectivity index (χ0) is 9.97. The normalized spacial score (nSPS) is 39.4. The van der Waals surface area contributed by atoms with Gasteiger partial charge in [0.2, 0.25) is 0 Å². The van der Waals surface area contributed by atoms with E-state index in [0.29, 0.717) is 0 Å². The molecule has 0 radical (unpaired) electrons. The Kier molecular flexibility index (Phi) is 3.45. The van der Waals surface area contributed by atoms with Crippen LogP contribution in [0, 0.1) is 5.92 Å². The molecule has 2 saturated heterocycles. The van der Waals surface area contributed by atoms with Gasteiger partial charge in [0.05, 0.1) is 0 Å². The quantitative estimate of drug-likeness (QED) is 0.741. The van der Waals surface area contributed by atoms with E-state index >= 15 is 0 Å². The van der Waals surface area contributed by atoms with Crippen LogP contribution in [0.2, 0.25) is 0 Å². The lowest BCUT2D eigenvalue weighted by Gasteiger charge is -2.41. The Balaban J connectivity index is 1.80. The first-order valence-electron chi connectivity index (χ1n) is 6.27. The van der Waals surface area contributed by atoms with Crippen LogP contribution in [0.4, 0.5) is 0 Å². The van der Waals surface area contributed by atoms with Crippen LogP contribution in [0.1, 0.15) is 39.5 Å². The molecule has 82 valence electrons. The molecule has 2 aliphatic rings. The first-order chi connectivity index (χ1) is 6.79. The summed E-state index contributed by atoms with van der Waals surface area (Å²) >= 11 is 0. The van der Waals surface area contributed by atoms with Gasteiger partial charge in [-0.3, -0.25) is 4.90 Å². The molecule has 0 bridgehead atoms. The van der Waals surface area contributed by atoms with Gasteiger partial charge < -0.3 is 5.32 Å². The lowest BCUT2D eigenvalue weighted by Crippen LogP contribution is -2.54. The molecule has 3 atom stereocenters. The van der Waals surface area contributed by atoms with Gasteiger partial charge in [-0.2, -0.15) is 0 Å². The van der Waals surface area contributed by atoms with Crippen LogP contribution in [0.15, 0.2) is 0 Å². The molecule has 2 aliphatic heterocycles. The van der Waals surface area contributed by atoms with E-state index in [1.54, 1.807) is 0 Å². The molecule has 0 aromatic rings. The standard InChI is InChI=1S/C12H24N2/c1-3-11-5-4-10(2)14(8-11)9-12-6-7-13-12/h10-13H,3-9H2,1-2H3. The zero-order valence-electron chi connectivity index (χ0n) is 9.63. The summed E-state index contributed by atoms with van der Waals surface area (Å²) in [5, 5.41) is 3.50. The third kappa shape index (κ3) is 2.29. The second-order valence-electron chi connectivity index (χ2n) is 5.09. The van der Waals surface area contributed by atoms with Gasteiger partial charge in [0, 0.05) is 25.2 Å². The van der Waals surface area contributed by atoms with Crippen LogP contribution in [0.25, 0.3) is 0 Å². The molecular weight excluding hydrogens is 172 g/mol. The van der Waals surface area contributed by atoms with E-state index in [4.69, 9.17) is 0 Å². The number of nitrogens with zero attached hydrogens (tertiary/aromatic N) is 1. The average Bonchev–Trinajstić information content (AvgIpc) is 2.14. The van der Waals surface area contributed by atoms with Crippen molar-refractivity contribution in [1.82, 2.24) is 10.2 Å². The van der Waals surface area contributed by atoms with Gasteiger partial charge in [0.1, 0.15) is 0 Å². The van der Waals surface area contributed by atoms with Gasteiger partial charge in [-0.15, -0.1) is 0 Å². The van der Waals surface area contributed by atoms with Crippen LogP contribution in [0.5, 0.6) is 0 Å². The maximum Gasteiger partial charge on any atom is 0.0207 e. The molecule has 2 fully saturated rings. The van der Waals surface area contributed by atoms with E-state index < -0.39 is 0 Å². The van der Waals surface area contributed by atoms with Crippen LogP contribution >= 0.6 is 0 Å². The second-order valence-corrected chi connectivity index (χ2v) is 5.09. The Morgan fingerprint density at radius 3 is 2.64 bits per heavy atom. The smallest absolute Gasteiger partial charge is 0.0207 e. The van der Waals surface area contributed by atoms with Gasteiger partial charge in [0.15, 0.2) is 0 Å². The van der Waals surface area contributed by atoms with Crippen molar-refractivity contribution in [3.8, 4) is 0 Å². The third-order valence-electron chi connectivity index (χ3n) is 4.07. The number of hydrogen-bond donors (Lipinski definition) is 1. The minimum atomic E-state index is 0.799. The average molecular weight is 196 g/mol. The Hall–Kier alpha value is -0.0800. The molecule has 0 amide bonds. The third-order valence-corrected chi connectivity index (χ3v) is 4.07. The SMILES string of the molecule is CCC1CCC(C)N(CC2CCN2)C1. The minimum Gasteiger partial charge on any atom is -0.313 e. The number of likely N-dealkylation sites (tertiary alicyclic amines) is 1. The summed E-state index contributed by atoms with van der Waals surface area (Å²) in [5.41, 5.74) is 0. The molecule has 14 heavy (non-hydrogen) atoms. The first kappa shape index (κ1) is 10.4. The van der Waals surface area contributed by atoms with Crippen LogP contribution in [-0.2, 0) is 0 Å². The Morgan fingerprint density at radius 2 is 2.07 bits per heavy atom. The fourth-order valence-corrected chi connectivity index (χ4v) is 2.64. The first-order valence-corrected chi connectivity index (χ1v) is 6.27. The number of nitrogens with one attached hydrogen (secondary N) is 1. The minimum absolute atomic E-state index is 0.799. The summed E-state index contributed by atoms with van der Waals surface area (Å²) in [6.07, 6.45) is 5.61. The number of piperidine rings is 1. The maximum atomic E-state index is 3.50.